The Morgan fingerprint density at radius 2 is 2.19 bits per heavy atom. The zero-order valence-electron chi connectivity index (χ0n) is 12.3. The number of hydrogen-bond donors (Lipinski definition) is 1. The van der Waals surface area contributed by atoms with Gasteiger partial charge >= 0.3 is 0 Å². The van der Waals surface area contributed by atoms with Gasteiger partial charge in [-0.1, -0.05) is 0 Å². The molecule has 2 heterocycles. The van der Waals surface area contributed by atoms with E-state index in [0.717, 1.165) is 29.2 Å². The molecule has 0 amide bonds. The fourth-order valence-corrected chi connectivity index (χ4v) is 3.02. The Morgan fingerprint density at radius 3 is 2.90 bits per heavy atom. The molecular weight excluding hydrogens is 266 g/mol. The van der Waals surface area contributed by atoms with Crippen LogP contribution in [0.25, 0.3) is 11.3 Å². The summed E-state index contributed by atoms with van der Waals surface area (Å²) in [5.74, 6) is 2.43. The van der Waals surface area contributed by atoms with Crippen LogP contribution in [-0.4, -0.2) is 22.8 Å². The number of imidazole rings is 1. The van der Waals surface area contributed by atoms with E-state index in [0.29, 0.717) is 11.9 Å². The molecule has 2 aromatic rings. The van der Waals surface area contributed by atoms with Gasteiger partial charge in [-0.05, 0) is 31.9 Å². The molecule has 2 aliphatic rings. The van der Waals surface area contributed by atoms with Gasteiger partial charge in [0.25, 0.3) is 0 Å². The molecule has 0 saturated heterocycles. The third-order valence-electron chi connectivity index (χ3n) is 4.25. The highest BCUT2D eigenvalue weighted by molar-refractivity contribution is 5.78. The second-order valence-corrected chi connectivity index (χ2v) is 5.91. The minimum atomic E-state index is 0.210. The second-order valence-electron chi connectivity index (χ2n) is 5.91. The minimum absolute atomic E-state index is 0.210. The first kappa shape index (κ1) is 12.6. The van der Waals surface area contributed by atoms with E-state index in [1.165, 1.54) is 18.4 Å². The molecule has 1 unspecified atom stereocenters. The molecule has 1 atom stereocenters. The summed E-state index contributed by atoms with van der Waals surface area (Å²) in [5, 5.41) is 0. The Balaban J connectivity index is 1.82. The van der Waals surface area contributed by atoms with Crippen molar-refractivity contribution in [2.45, 2.75) is 38.3 Å². The van der Waals surface area contributed by atoms with E-state index >= 15 is 0 Å². The molecule has 1 aliphatic carbocycles. The van der Waals surface area contributed by atoms with Crippen molar-refractivity contribution in [3.63, 3.8) is 0 Å². The highest BCUT2D eigenvalue weighted by atomic mass is 16.5. The monoisotopic (exact) mass is 285 g/mol. The Hall–Kier alpha value is -2.17. The summed E-state index contributed by atoms with van der Waals surface area (Å²) < 4.78 is 13.4. The molecule has 5 nitrogen and oxygen atoms in total. The maximum atomic E-state index is 6.28. The molecule has 0 radical (unpaired) electrons. The zero-order valence-corrected chi connectivity index (χ0v) is 12.3. The summed E-state index contributed by atoms with van der Waals surface area (Å²) in [7, 11) is 1.68. The van der Waals surface area contributed by atoms with Crippen LogP contribution in [0.5, 0.6) is 11.5 Å². The van der Waals surface area contributed by atoms with Gasteiger partial charge in [-0.15, -0.1) is 0 Å². The number of nitrogens with zero attached hydrogens (tertiary/aromatic N) is 2. The van der Waals surface area contributed by atoms with Gasteiger partial charge < -0.3 is 19.8 Å². The van der Waals surface area contributed by atoms with Crippen molar-refractivity contribution in [1.29, 1.82) is 0 Å². The van der Waals surface area contributed by atoms with Crippen molar-refractivity contribution < 1.29 is 9.47 Å². The normalized spacial score (nSPS) is 20.2. The zero-order chi connectivity index (χ0) is 14.6. The van der Waals surface area contributed by atoms with E-state index < -0.39 is 0 Å². The lowest BCUT2D eigenvalue weighted by Crippen LogP contribution is -2.05. The molecule has 1 aliphatic heterocycles. The summed E-state index contributed by atoms with van der Waals surface area (Å²) in [6, 6.07) is 4.57. The summed E-state index contributed by atoms with van der Waals surface area (Å²) in [6.07, 6.45) is 5.32. The van der Waals surface area contributed by atoms with E-state index in [2.05, 4.69) is 16.5 Å². The highest BCUT2D eigenvalue weighted by Crippen LogP contribution is 2.43. The molecule has 1 fully saturated rings. The molecule has 5 heteroatoms. The van der Waals surface area contributed by atoms with Crippen LogP contribution in [0.15, 0.2) is 18.5 Å². The van der Waals surface area contributed by atoms with Crippen LogP contribution in [0.3, 0.4) is 0 Å². The fraction of sp³-hybridized carbons (Fsp3) is 0.438. The predicted octanol–water partition coefficient (Wildman–Crippen LogP) is 2.80. The SMILES string of the molecule is COc1cc2c(cc1-c1ncn(C3CC3)c1N)OC(C)C2. The molecule has 0 bridgehead atoms. The van der Waals surface area contributed by atoms with Gasteiger partial charge in [0.05, 0.1) is 13.4 Å². The average Bonchev–Trinajstić information content (AvgIpc) is 3.14. The lowest BCUT2D eigenvalue weighted by atomic mass is 10.0. The lowest BCUT2D eigenvalue weighted by molar-refractivity contribution is 0.254. The maximum Gasteiger partial charge on any atom is 0.131 e. The van der Waals surface area contributed by atoms with E-state index in [4.69, 9.17) is 15.2 Å². The van der Waals surface area contributed by atoms with Crippen LogP contribution in [0, 0.1) is 0 Å². The predicted molar refractivity (Wildman–Crippen MR) is 80.7 cm³/mol. The van der Waals surface area contributed by atoms with E-state index in [1.807, 2.05) is 18.5 Å². The molecule has 110 valence electrons. The summed E-state index contributed by atoms with van der Waals surface area (Å²) in [6.45, 7) is 2.07. The van der Waals surface area contributed by atoms with E-state index in [9.17, 15) is 0 Å². The number of benzene rings is 1. The van der Waals surface area contributed by atoms with Gasteiger partial charge in [-0.2, -0.15) is 0 Å². The van der Waals surface area contributed by atoms with Crippen molar-refractivity contribution >= 4 is 5.82 Å². The number of anilines is 1. The van der Waals surface area contributed by atoms with Crippen LogP contribution in [0.4, 0.5) is 5.82 Å². The molecule has 1 aromatic heterocycles. The van der Waals surface area contributed by atoms with Gasteiger partial charge in [0.2, 0.25) is 0 Å². The summed E-state index contributed by atoms with van der Waals surface area (Å²) in [5.41, 5.74) is 9.15. The van der Waals surface area contributed by atoms with Crippen molar-refractivity contribution in [3.8, 4) is 22.8 Å². The Labute approximate surface area is 123 Å². The number of hydrogen-bond acceptors (Lipinski definition) is 4. The number of ether oxygens (including phenoxy) is 2. The minimum Gasteiger partial charge on any atom is -0.496 e. The third kappa shape index (κ3) is 1.95. The smallest absolute Gasteiger partial charge is 0.131 e. The number of nitrogens with two attached hydrogens (primary N) is 1. The number of methoxy groups -OCH3 is 1. The van der Waals surface area contributed by atoms with Crippen molar-refractivity contribution in [3.05, 3.63) is 24.0 Å². The van der Waals surface area contributed by atoms with Crippen molar-refractivity contribution in [1.82, 2.24) is 9.55 Å². The van der Waals surface area contributed by atoms with Gasteiger partial charge in [0, 0.05) is 23.6 Å². The van der Waals surface area contributed by atoms with Gasteiger partial charge in [0.1, 0.15) is 29.1 Å². The molecule has 2 N–H and O–H groups in total. The third-order valence-corrected chi connectivity index (χ3v) is 4.25. The van der Waals surface area contributed by atoms with Gasteiger partial charge in [0.15, 0.2) is 0 Å². The quantitative estimate of drug-likeness (QED) is 0.942. The first-order valence-corrected chi connectivity index (χ1v) is 7.37. The molecular formula is C16H19N3O2. The highest BCUT2D eigenvalue weighted by Gasteiger charge is 2.28. The first-order valence-electron chi connectivity index (χ1n) is 7.37. The molecule has 0 spiro atoms. The second kappa shape index (κ2) is 4.41. The Kier molecular flexibility index (Phi) is 2.64. The fourth-order valence-electron chi connectivity index (χ4n) is 3.02. The largest absolute Gasteiger partial charge is 0.496 e. The summed E-state index contributed by atoms with van der Waals surface area (Å²) >= 11 is 0. The summed E-state index contributed by atoms with van der Waals surface area (Å²) in [4.78, 5) is 4.50. The maximum absolute atomic E-state index is 6.28. The molecule has 4 rings (SSSR count). The Morgan fingerprint density at radius 1 is 1.38 bits per heavy atom. The average molecular weight is 285 g/mol. The number of aromatic nitrogens is 2. The van der Waals surface area contributed by atoms with Crippen LogP contribution < -0.4 is 15.2 Å². The van der Waals surface area contributed by atoms with Crippen LogP contribution in [-0.2, 0) is 6.42 Å². The number of fused-ring (bicyclic) bond motifs is 1. The Bertz CT molecular complexity index is 704. The standard InChI is InChI=1S/C16H19N3O2/c1-9-5-10-6-14(20-2)12(7-13(10)21-9)15-16(17)19(8-18-15)11-3-4-11/h6-9,11H,3-5,17H2,1-2H3. The van der Waals surface area contributed by atoms with Crippen LogP contribution in [0.1, 0.15) is 31.4 Å². The van der Waals surface area contributed by atoms with Crippen molar-refractivity contribution in [2.24, 2.45) is 0 Å². The van der Waals surface area contributed by atoms with Gasteiger partial charge in [-0.25, -0.2) is 4.98 Å². The van der Waals surface area contributed by atoms with Crippen LogP contribution >= 0.6 is 0 Å². The first-order chi connectivity index (χ1) is 10.2. The molecule has 21 heavy (non-hydrogen) atoms. The van der Waals surface area contributed by atoms with Crippen molar-refractivity contribution in [2.75, 3.05) is 12.8 Å². The number of rotatable bonds is 3. The molecule has 1 saturated carbocycles. The topological polar surface area (TPSA) is 62.3 Å². The van der Waals surface area contributed by atoms with E-state index in [1.54, 1.807) is 7.11 Å². The van der Waals surface area contributed by atoms with E-state index in [-0.39, 0.29) is 6.10 Å². The lowest BCUT2D eigenvalue weighted by Gasteiger charge is -2.11. The van der Waals surface area contributed by atoms with Crippen LogP contribution in [0.2, 0.25) is 0 Å². The molecule has 1 aromatic carbocycles. The number of nitrogen functional groups attached to an aromatic ring is 1. The van der Waals surface area contributed by atoms with Gasteiger partial charge in [-0.3, -0.25) is 0 Å².